The molecule has 0 unspecified atom stereocenters. The van der Waals surface area contributed by atoms with Crippen LogP contribution in [0.15, 0.2) is 23.1 Å². The first-order chi connectivity index (χ1) is 10.1. The quantitative estimate of drug-likeness (QED) is 0.821. The lowest BCUT2D eigenvalue weighted by Gasteiger charge is -2.23. The summed E-state index contributed by atoms with van der Waals surface area (Å²) < 4.78 is 3.00. The van der Waals surface area contributed by atoms with Crippen LogP contribution in [0.1, 0.15) is 18.5 Å². The topological polar surface area (TPSA) is 68.1 Å². The number of hydrogen-bond donors (Lipinski definition) is 2. The monoisotopic (exact) mass is 288 g/mol. The van der Waals surface area contributed by atoms with Gasteiger partial charge in [0.25, 0.3) is 5.56 Å². The molecule has 3 rings (SSSR count). The van der Waals surface area contributed by atoms with E-state index in [0.29, 0.717) is 5.52 Å². The summed E-state index contributed by atoms with van der Waals surface area (Å²) in [4.78, 5) is 24.8. The lowest BCUT2D eigenvalue weighted by atomic mass is 10.1. The summed E-state index contributed by atoms with van der Waals surface area (Å²) in [6.45, 7) is 3.74. The summed E-state index contributed by atoms with van der Waals surface area (Å²) in [6.07, 6.45) is 3.35. The van der Waals surface area contributed by atoms with Gasteiger partial charge in [0.05, 0.1) is 0 Å². The normalized spacial score (nSPS) is 16.3. The minimum atomic E-state index is -0.340. The second-order valence-electron chi connectivity index (χ2n) is 5.61. The second kappa shape index (κ2) is 5.37. The number of piperidine rings is 1. The van der Waals surface area contributed by atoms with Gasteiger partial charge in [0.1, 0.15) is 5.52 Å². The van der Waals surface area contributed by atoms with E-state index in [2.05, 4.69) is 10.6 Å². The molecule has 3 heterocycles. The molecule has 0 aromatic carbocycles. The maximum atomic E-state index is 12.5. The zero-order chi connectivity index (χ0) is 15.0. The molecule has 2 aromatic rings. The number of pyridine rings is 1. The third-order valence-corrected chi connectivity index (χ3v) is 4.21. The average Bonchev–Trinajstić information content (AvgIpc) is 2.76. The molecule has 0 atom stereocenters. The molecule has 112 valence electrons. The minimum Gasteiger partial charge on any atom is -0.343 e. The fraction of sp³-hybridized carbons (Fsp3) is 0.467. The first-order valence-corrected chi connectivity index (χ1v) is 7.27. The second-order valence-corrected chi connectivity index (χ2v) is 5.61. The Balaban J connectivity index is 1.93. The van der Waals surface area contributed by atoms with Gasteiger partial charge in [0.15, 0.2) is 0 Å². The van der Waals surface area contributed by atoms with Gasteiger partial charge in [0.2, 0.25) is 0 Å². The number of aryl methyl sites for hydroxylation is 2. The van der Waals surface area contributed by atoms with Crippen molar-refractivity contribution in [2.75, 3.05) is 13.1 Å². The number of carbonyl (C=O) groups excluding carboxylic acids is 1. The molecule has 0 saturated carbocycles. The van der Waals surface area contributed by atoms with Gasteiger partial charge in [-0.05, 0) is 45.0 Å². The first kappa shape index (κ1) is 13.9. The minimum absolute atomic E-state index is 0.136. The zero-order valence-electron chi connectivity index (χ0n) is 12.3. The Morgan fingerprint density at radius 3 is 2.81 bits per heavy atom. The highest BCUT2D eigenvalue weighted by Gasteiger charge is 2.18. The van der Waals surface area contributed by atoms with Crippen LogP contribution in [0.4, 0.5) is 4.79 Å². The first-order valence-electron chi connectivity index (χ1n) is 7.27. The summed E-state index contributed by atoms with van der Waals surface area (Å²) in [5.74, 6) is 0. The van der Waals surface area contributed by atoms with E-state index in [-0.39, 0.29) is 17.6 Å². The van der Waals surface area contributed by atoms with Gasteiger partial charge in [-0.3, -0.25) is 4.79 Å². The van der Waals surface area contributed by atoms with Crippen molar-refractivity contribution in [2.45, 2.75) is 25.8 Å². The van der Waals surface area contributed by atoms with Gasteiger partial charge < -0.3 is 15.2 Å². The Hall–Kier alpha value is -2.08. The molecule has 1 aliphatic heterocycles. The van der Waals surface area contributed by atoms with Gasteiger partial charge in [-0.2, -0.15) is 0 Å². The van der Waals surface area contributed by atoms with Crippen molar-refractivity contribution in [3.63, 3.8) is 0 Å². The highest BCUT2D eigenvalue weighted by Crippen LogP contribution is 2.14. The molecule has 0 aliphatic carbocycles. The summed E-state index contributed by atoms with van der Waals surface area (Å²) >= 11 is 0. The van der Waals surface area contributed by atoms with E-state index >= 15 is 0 Å². The maximum Gasteiger partial charge on any atom is 0.328 e. The van der Waals surface area contributed by atoms with Crippen LogP contribution in [-0.4, -0.2) is 34.3 Å². The number of aromatic nitrogens is 2. The number of nitrogens with zero attached hydrogens (tertiary/aromatic N) is 2. The molecule has 6 nitrogen and oxygen atoms in total. The molecule has 6 heteroatoms. The van der Waals surface area contributed by atoms with Crippen LogP contribution >= 0.6 is 0 Å². The lowest BCUT2D eigenvalue weighted by molar-refractivity contribution is 0.234. The van der Waals surface area contributed by atoms with Crippen molar-refractivity contribution in [1.29, 1.82) is 0 Å². The molecule has 21 heavy (non-hydrogen) atoms. The summed E-state index contributed by atoms with van der Waals surface area (Å²) in [5, 5.41) is 7.06. The van der Waals surface area contributed by atoms with E-state index in [1.54, 1.807) is 6.20 Å². The van der Waals surface area contributed by atoms with Crippen molar-refractivity contribution in [3.05, 3.63) is 34.4 Å². The van der Waals surface area contributed by atoms with E-state index in [1.807, 2.05) is 30.7 Å². The Kier molecular flexibility index (Phi) is 3.55. The van der Waals surface area contributed by atoms with Crippen LogP contribution in [-0.2, 0) is 7.05 Å². The predicted octanol–water partition coefficient (Wildman–Crippen LogP) is 0.958. The highest BCUT2D eigenvalue weighted by atomic mass is 16.2. The third-order valence-electron chi connectivity index (χ3n) is 4.21. The molecular formula is C15H20N4O2. The van der Waals surface area contributed by atoms with Gasteiger partial charge in [0, 0.05) is 30.4 Å². The van der Waals surface area contributed by atoms with Crippen LogP contribution in [0.25, 0.3) is 10.9 Å². The van der Waals surface area contributed by atoms with E-state index < -0.39 is 0 Å². The van der Waals surface area contributed by atoms with Gasteiger partial charge in [-0.25, -0.2) is 9.36 Å². The number of amides is 1. The average molecular weight is 288 g/mol. The smallest absolute Gasteiger partial charge is 0.328 e. The fourth-order valence-corrected chi connectivity index (χ4v) is 2.86. The largest absolute Gasteiger partial charge is 0.343 e. The van der Waals surface area contributed by atoms with Crippen molar-refractivity contribution >= 4 is 16.9 Å². The summed E-state index contributed by atoms with van der Waals surface area (Å²) in [6, 6.07) is 3.56. The van der Waals surface area contributed by atoms with Crippen LogP contribution < -0.4 is 16.2 Å². The van der Waals surface area contributed by atoms with Gasteiger partial charge in [-0.1, -0.05) is 0 Å². The number of nitrogens with one attached hydrogen (secondary N) is 2. The maximum absolute atomic E-state index is 12.5. The number of fused-ring (bicyclic) bond motifs is 1. The predicted molar refractivity (Wildman–Crippen MR) is 81.7 cm³/mol. The molecule has 0 spiro atoms. The molecular weight excluding hydrogens is 268 g/mol. The molecule has 1 amide bonds. The Morgan fingerprint density at radius 1 is 1.38 bits per heavy atom. The molecule has 0 bridgehead atoms. The van der Waals surface area contributed by atoms with Crippen LogP contribution in [0.5, 0.6) is 0 Å². The molecule has 1 saturated heterocycles. The zero-order valence-corrected chi connectivity index (χ0v) is 12.3. The lowest BCUT2D eigenvalue weighted by Crippen LogP contribution is -2.46. The van der Waals surface area contributed by atoms with Crippen molar-refractivity contribution < 1.29 is 4.79 Å². The number of carbonyl (C=O) groups is 1. The van der Waals surface area contributed by atoms with Crippen LogP contribution in [0, 0.1) is 6.92 Å². The van der Waals surface area contributed by atoms with Gasteiger partial charge >= 0.3 is 6.03 Å². The molecule has 0 radical (unpaired) electrons. The Labute approximate surface area is 122 Å². The van der Waals surface area contributed by atoms with Gasteiger partial charge in [-0.15, -0.1) is 0 Å². The highest BCUT2D eigenvalue weighted by molar-refractivity contribution is 5.84. The van der Waals surface area contributed by atoms with E-state index in [0.717, 1.165) is 37.0 Å². The summed E-state index contributed by atoms with van der Waals surface area (Å²) in [5.41, 5.74) is 1.30. The fourth-order valence-electron chi connectivity index (χ4n) is 2.86. The molecule has 2 aromatic heterocycles. The van der Waals surface area contributed by atoms with Crippen LogP contribution in [0.3, 0.4) is 0 Å². The SMILES string of the molecule is Cc1cc2ccn(C(=O)NC3CCNCC3)c(=O)c2n1C. The standard InChI is InChI=1S/C15H20N4O2/c1-10-9-11-5-8-19(14(20)13(11)18(10)2)15(21)17-12-3-6-16-7-4-12/h5,8-9,12,16H,3-4,6-7H2,1-2H3,(H,17,21). The van der Waals surface area contributed by atoms with Crippen molar-refractivity contribution in [1.82, 2.24) is 19.8 Å². The number of hydrogen-bond acceptors (Lipinski definition) is 3. The van der Waals surface area contributed by atoms with Crippen LogP contribution in [0.2, 0.25) is 0 Å². The Bertz CT molecular complexity index is 738. The van der Waals surface area contributed by atoms with E-state index in [9.17, 15) is 9.59 Å². The van der Waals surface area contributed by atoms with Crippen molar-refractivity contribution in [2.24, 2.45) is 7.05 Å². The molecule has 1 aliphatic rings. The van der Waals surface area contributed by atoms with Crippen molar-refractivity contribution in [3.8, 4) is 0 Å². The number of rotatable bonds is 1. The molecule has 1 fully saturated rings. The third kappa shape index (κ3) is 2.47. The van der Waals surface area contributed by atoms with E-state index in [1.165, 1.54) is 4.57 Å². The van der Waals surface area contributed by atoms with E-state index in [4.69, 9.17) is 0 Å². The molecule has 2 N–H and O–H groups in total. The summed E-state index contributed by atoms with van der Waals surface area (Å²) in [7, 11) is 1.84. The Morgan fingerprint density at radius 2 is 2.10 bits per heavy atom.